The maximum Gasteiger partial charge on any atom is 0.264 e. The van der Waals surface area contributed by atoms with Gasteiger partial charge in [-0.2, -0.15) is 0 Å². The number of anilines is 1. The Morgan fingerprint density at radius 3 is 2.10 bits per heavy atom. The molecule has 0 aliphatic heterocycles. The van der Waals surface area contributed by atoms with Crippen LogP contribution >= 0.6 is 34.8 Å². The summed E-state index contributed by atoms with van der Waals surface area (Å²) < 4.78 is 34.2. The predicted octanol–water partition coefficient (Wildman–Crippen LogP) is 6.18. The summed E-state index contributed by atoms with van der Waals surface area (Å²) in [5.41, 5.74) is 0.857. The van der Waals surface area contributed by atoms with Crippen LogP contribution in [-0.2, 0) is 26.2 Å². The van der Waals surface area contributed by atoms with Crippen molar-refractivity contribution in [1.29, 1.82) is 0 Å². The number of nitrogens with zero attached hydrogens (tertiary/aromatic N) is 2. The molecule has 0 saturated heterocycles. The third-order valence-electron chi connectivity index (χ3n) is 6.05. The lowest BCUT2D eigenvalue weighted by molar-refractivity contribution is -0.139. The summed E-state index contributed by atoms with van der Waals surface area (Å²) >= 11 is 18.3. The van der Waals surface area contributed by atoms with E-state index in [9.17, 15) is 18.0 Å². The van der Waals surface area contributed by atoms with E-state index >= 15 is 0 Å². The highest BCUT2D eigenvalue weighted by atomic mass is 35.5. The highest BCUT2D eigenvalue weighted by molar-refractivity contribution is 7.92. The molecule has 2 amide bonds. The van der Waals surface area contributed by atoms with E-state index in [1.165, 1.54) is 29.2 Å². The highest BCUT2D eigenvalue weighted by Crippen LogP contribution is 2.28. The van der Waals surface area contributed by atoms with Gasteiger partial charge in [0.25, 0.3) is 10.0 Å². The number of carbonyl (C=O) groups excluding carboxylic acids is 2. The molecule has 0 bridgehead atoms. The van der Waals surface area contributed by atoms with E-state index in [1.54, 1.807) is 49.4 Å². The number of hydrogen-bond donors (Lipinski definition) is 1. The van der Waals surface area contributed by atoms with E-state index in [2.05, 4.69) is 5.32 Å². The molecule has 3 aromatic carbocycles. The number of nitrogens with one attached hydrogen (secondary N) is 1. The van der Waals surface area contributed by atoms with Crippen molar-refractivity contribution in [3.63, 3.8) is 0 Å². The molecule has 0 aliphatic carbocycles. The van der Waals surface area contributed by atoms with E-state index in [4.69, 9.17) is 39.5 Å². The zero-order valence-corrected chi connectivity index (χ0v) is 26.2. The Bertz CT molecular complexity index is 1470. The maximum atomic E-state index is 14.0. The molecule has 41 heavy (non-hydrogen) atoms. The molecule has 0 spiro atoms. The second-order valence-corrected chi connectivity index (χ2v) is 12.6. The first kappa shape index (κ1) is 32.5. The molecule has 3 rings (SSSR count). The van der Waals surface area contributed by atoms with Crippen molar-refractivity contribution >= 4 is 62.3 Å². The number of halogens is 3. The molecule has 0 aromatic heterocycles. The van der Waals surface area contributed by atoms with Gasteiger partial charge in [0.2, 0.25) is 11.8 Å². The van der Waals surface area contributed by atoms with Gasteiger partial charge in [0.1, 0.15) is 18.3 Å². The average molecular weight is 641 g/mol. The van der Waals surface area contributed by atoms with Crippen LogP contribution in [0.4, 0.5) is 5.69 Å². The largest absolute Gasteiger partial charge is 0.494 e. The van der Waals surface area contributed by atoms with Crippen LogP contribution in [0, 0.1) is 0 Å². The van der Waals surface area contributed by atoms with Gasteiger partial charge in [0, 0.05) is 17.6 Å². The van der Waals surface area contributed by atoms with E-state index in [0.29, 0.717) is 28.0 Å². The average Bonchev–Trinajstić information content (AvgIpc) is 2.92. The quantitative estimate of drug-likeness (QED) is 0.255. The van der Waals surface area contributed by atoms with Crippen LogP contribution in [0.2, 0.25) is 15.1 Å². The Kier molecular flexibility index (Phi) is 11.3. The summed E-state index contributed by atoms with van der Waals surface area (Å²) in [5.74, 6) is -0.442. The number of hydrogen-bond acceptors (Lipinski definition) is 5. The molecule has 0 heterocycles. The van der Waals surface area contributed by atoms with E-state index in [1.807, 2.05) is 20.8 Å². The van der Waals surface area contributed by atoms with E-state index < -0.39 is 28.5 Å². The van der Waals surface area contributed by atoms with Crippen molar-refractivity contribution in [3.05, 3.63) is 87.4 Å². The minimum atomic E-state index is -4.23. The lowest BCUT2D eigenvalue weighted by atomic mass is 10.1. The Balaban J connectivity index is 2.04. The smallest absolute Gasteiger partial charge is 0.264 e. The lowest BCUT2D eigenvalue weighted by Crippen LogP contribution is -2.52. The van der Waals surface area contributed by atoms with Crippen molar-refractivity contribution in [2.45, 2.75) is 51.2 Å². The zero-order valence-electron chi connectivity index (χ0n) is 23.1. The van der Waals surface area contributed by atoms with Gasteiger partial charge in [-0.15, -0.1) is 0 Å². The second kappa shape index (κ2) is 14.3. The van der Waals surface area contributed by atoms with Gasteiger partial charge >= 0.3 is 0 Å². The Morgan fingerprint density at radius 2 is 1.54 bits per heavy atom. The first-order valence-corrected chi connectivity index (χ1v) is 15.5. The number of ether oxygens (including phenoxy) is 1. The van der Waals surface area contributed by atoms with Crippen molar-refractivity contribution in [1.82, 2.24) is 10.2 Å². The van der Waals surface area contributed by atoms with Gasteiger partial charge in [-0.1, -0.05) is 40.9 Å². The molecule has 1 N–H and O–H groups in total. The summed E-state index contributed by atoms with van der Waals surface area (Å²) in [6, 6.07) is 15.8. The molecule has 12 heteroatoms. The van der Waals surface area contributed by atoms with Crippen LogP contribution in [0.1, 0.15) is 33.3 Å². The number of amides is 2. The predicted molar refractivity (Wildman–Crippen MR) is 163 cm³/mol. The van der Waals surface area contributed by atoms with Crippen LogP contribution < -0.4 is 14.4 Å². The summed E-state index contributed by atoms with van der Waals surface area (Å²) in [5, 5.41) is 3.81. The topological polar surface area (TPSA) is 96.0 Å². The van der Waals surface area contributed by atoms with E-state index in [0.717, 1.165) is 4.31 Å². The minimum absolute atomic E-state index is 0.0134. The summed E-state index contributed by atoms with van der Waals surface area (Å²) in [4.78, 5) is 28.2. The number of rotatable bonds is 12. The molecule has 0 saturated carbocycles. The zero-order chi connectivity index (χ0) is 30.3. The van der Waals surface area contributed by atoms with Crippen LogP contribution in [0.15, 0.2) is 71.6 Å². The van der Waals surface area contributed by atoms with Gasteiger partial charge < -0.3 is 15.0 Å². The first-order valence-electron chi connectivity index (χ1n) is 12.9. The first-order chi connectivity index (χ1) is 19.3. The number of sulfonamides is 1. The molecule has 1 atom stereocenters. The fourth-order valence-electron chi connectivity index (χ4n) is 3.96. The molecule has 220 valence electrons. The van der Waals surface area contributed by atoms with Crippen LogP contribution in [0.5, 0.6) is 5.75 Å². The normalized spacial score (nSPS) is 12.1. The number of carbonyl (C=O) groups is 2. The molecular formula is C29H32Cl3N3O5S. The molecule has 3 aromatic rings. The monoisotopic (exact) mass is 639 g/mol. The van der Waals surface area contributed by atoms with Crippen LogP contribution in [-0.4, -0.2) is 50.4 Å². The van der Waals surface area contributed by atoms with Crippen LogP contribution in [0.25, 0.3) is 0 Å². The highest BCUT2D eigenvalue weighted by Gasteiger charge is 2.32. The molecule has 0 fully saturated rings. The van der Waals surface area contributed by atoms with Gasteiger partial charge in [-0.05, 0) is 93.9 Å². The van der Waals surface area contributed by atoms with E-state index in [-0.39, 0.29) is 34.1 Å². The molecule has 0 radical (unpaired) electrons. The van der Waals surface area contributed by atoms with Gasteiger partial charge in [-0.3, -0.25) is 13.9 Å². The third kappa shape index (κ3) is 8.52. The second-order valence-electron chi connectivity index (χ2n) is 9.50. The standard InChI is InChI=1S/C29H32Cl3N3O5S/c1-5-40-24-11-9-23(10-12-24)35(41(38,39)25-13-7-22(30)8-14-25)18-28(36)34(20(4)29(37)33-19(2)3)17-21-6-15-26(31)27(32)16-21/h6-16,19-20H,5,17-18H2,1-4H3,(H,33,37). The summed E-state index contributed by atoms with van der Waals surface area (Å²) in [6.07, 6.45) is 0. The minimum Gasteiger partial charge on any atom is -0.494 e. The molecule has 0 aliphatic rings. The molecule has 8 nitrogen and oxygen atoms in total. The maximum absolute atomic E-state index is 14.0. The third-order valence-corrected chi connectivity index (χ3v) is 8.83. The molecular weight excluding hydrogens is 609 g/mol. The SMILES string of the molecule is CCOc1ccc(N(CC(=O)N(Cc2ccc(Cl)c(Cl)c2)C(C)C(=O)NC(C)C)S(=O)(=O)c2ccc(Cl)cc2)cc1. The summed E-state index contributed by atoms with van der Waals surface area (Å²) in [6.45, 7) is 6.87. The Hall–Kier alpha value is -2.98. The van der Waals surface area contributed by atoms with Crippen molar-refractivity contribution in [3.8, 4) is 5.75 Å². The Labute approximate surface area is 256 Å². The van der Waals surface area contributed by atoms with Crippen molar-refractivity contribution in [2.75, 3.05) is 17.5 Å². The fourth-order valence-corrected chi connectivity index (χ4v) is 5.82. The van der Waals surface area contributed by atoms with Crippen molar-refractivity contribution < 1.29 is 22.7 Å². The number of benzene rings is 3. The van der Waals surface area contributed by atoms with Gasteiger partial charge in [0.05, 0.1) is 27.2 Å². The van der Waals surface area contributed by atoms with Gasteiger partial charge in [0.15, 0.2) is 0 Å². The van der Waals surface area contributed by atoms with Gasteiger partial charge in [-0.25, -0.2) is 8.42 Å². The van der Waals surface area contributed by atoms with Crippen molar-refractivity contribution in [2.24, 2.45) is 0 Å². The van der Waals surface area contributed by atoms with Crippen LogP contribution in [0.3, 0.4) is 0 Å². The molecule has 1 unspecified atom stereocenters. The fraction of sp³-hybridized carbons (Fsp3) is 0.310. The lowest BCUT2D eigenvalue weighted by Gasteiger charge is -2.32. The summed E-state index contributed by atoms with van der Waals surface area (Å²) in [7, 11) is -4.23. The Morgan fingerprint density at radius 1 is 0.902 bits per heavy atom.